The number of amides is 1. The van der Waals surface area contributed by atoms with Crippen LogP contribution in [0.1, 0.15) is 23.7 Å². The molecule has 2 aromatic carbocycles. The summed E-state index contributed by atoms with van der Waals surface area (Å²) in [6.45, 7) is 6.12. The molecule has 0 N–H and O–H groups in total. The summed E-state index contributed by atoms with van der Waals surface area (Å²) in [7, 11) is -1.81. The first-order valence-corrected chi connectivity index (χ1v) is 13.8. The average molecular weight is 504 g/mol. The number of fused-ring (bicyclic) bond motifs is 1. The SMILES string of the molecule is CCS(=O)(=O)c1cccc(C(=O)N(CCCN2CCOCC2)c2nc3ccc(OC)cc3s2)c1. The molecule has 0 atom stereocenters. The van der Waals surface area contributed by atoms with Crippen LogP contribution in [0, 0.1) is 0 Å². The van der Waals surface area contributed by atoms with Gasteiger partial charge in [-0.2, -0.15) is 0 Å². The lowest BCUT2D eigenvalue weighted by atomic mass is 10.2. The largest absolute Gasteiger partial charge is 0.497 e. The molecule has 1 aliphatic heterocycles. The molecular formula is C24H29N3O5S2. The highest BCUT2D eigenvalue weighted by atomic mass is 32.2. The third-order valence-corrected chi connectivity index (χ3v) is 8.61. The fourth-order valence-electron chi connectivity index (χ4n) is 3.84. The van der Waals surface area contributed by atoms with E-state index in [1.54, 1.807) is 31.1 Å². The molecule has 1 amide bonds. The van der Waals surface area contributed by atoms with Gasteiger partial charge in [0.15, 0.2) is 15.0 Å². The second kappa shape index (κ2) is 10.8. The van der Waals surface area contributed by atoms with Crippen molar-refractivity contribution in [2.24, 2.45) is 0 Å². The number of rotatable bonds is 9. The molecule has 182 valence electrons. The van der Waals surface area contributed by atoms with E-state index in [-0.39, 0.29) is 16.6 Å². The molecule has 3 aromatic rings. The molecule has 0 aliphatic carbocycles. The second-order valence-corrected chi connectivity index (χ2v) is 11.3. The van der Waals surface area contributed by atoms with Gasteiger partial charge in [0.2, 0.25) is 0 Å². The number of methoxy groups -OCH3 is 1. The van der Waals surface area contributed by atoms with Crippen molar-refractivity contribution < 1.29 is 22.7 Å². The number of morpholine rings is 1. The topological polar surface area (TPSA) is 89.0 Å². The van der Waals surface area contributed by atoms with Crippen LogP contribution < -0.4 is 9.64 Å². The summed E-state index contributed by atoms with van der Waals surface area (Å²) in [6.07, 6.45) is 0.762. The molecule has 2 heterocycles. The second-order valence-electron chi connectivity index (χ2n) is 8.03. The van der Waals surface area contributed by atoms with Gasteiger partial charge in [0.1, 0.15) is 5.75 Å². The molecular weight excluding hydrogens is 474 g/mol. The standard InChI is InChI=1S/C24H29N3O5S2/c1-3-34(29,30)20-7-4-6-18(16-20)23(28)27(11-5-10-26-12-14-32-15-13-26)24-25-21-9-8-19(31-2)17-22(21)33-24/h4,6-9,16-17H,3,5,10-15H2,1-2H3. The van der Waals surface area contributed by atoms with Crippen molar-refractivity contribution >= 4 is 42.4 Å². The molecule has 4 rings (SSSR count). The highest BCUT2D eigenvalue weighted by molar-refractivity contribution is 7.91. The van der Waals surface area contributed by atoms with Crippen LogP contribution in [0.4, 0.5) is 5.13 Å². The number of thiazole rings is 1. The zero-order valence-electron chi connectivity index (χ0n) is 19.4. The first-order chi connectivity index (χ1) is 16.4. The predicted octanol–water partition coefficient (Wildman–Crippen LogP) is 3.47. The molecule has 1 aliphatic rings. The lowest BCUT2D eigenvalue weighted by Gasteiger charge is -2.27. The van der Waals surface area contributed by atoms with Crippen molar-refractivity contribution in [3.05, 3.63) is 48.0 Å². The van der Waals surface area contributed by atoms with E-state index in [1.807, 2.05) is 18.2 Å². The highest BCUT2D eigenvalue weighted by Crippen LogP contribution is 2.32. The van der Waals surface area contributed by atoms with E-state index in [2.05, 4.69) is 4.90 Å². The van der Waals surface area contributed by atoms with Crippen LogP contribution in [0.25, 0.3) is 10.2 Å². The Balaban J connectivity index is 1.63. The molecule has 1 aromatic heterocycles. The third kappa shape index (κ3) is 5.57. The Morgan fingerprint density at radius 2 is 2.00 bits per heavy atom. The van der Waals surface area contributed by atoms with Crippen LogP contribution in [0.3, 0.4) is 0 Å². The van der Waals surface area contributed by atoms with E-state index in [9.17, 15) is 13.2 Å². The number of sulfone groups is 1. The number of hydrogen-bond acceptors (Lipinski definition) is 8. The predicted molar refractivity (Wildman–Crippen MR) is 134 cm³/mol. The molecule has 0 saturated carbocycles. The zero-order chi connectivity index (χ0) is 24.1. The minimum atomic E-state index is -3.42. The van der Waals surface area contributed by atoms with Gasteiger partial charge in [-0.05, 0) is 42.8 Å². The summed E-state index contributed by atoms with van der Waals surface area (Å²) < 4.78 is 36.4. The number of benzene rings is 2. The van der Waals surface area contributed by atoms with Crippen LogP contribution in [0.2, 0.25) is 0 Å². The van der Waals surface area contributed by atoms with E-state index in [0.29, 0.717) is 17.2 Å². The minimum Gasteiger partial charge on any atom is -0.497 e. The maximum absolute atomic E-state index is 13.6. The van der Waals surface area contributed by atoms with Gasteiger partial charge in [-0.25, -0.2) is 13.4 Å². The molecule has 1 fully saturated rings. The van der Waals surface area contributed by atoms with Gasteiger partial charge in [0, 0.05) is 31.7 Å². The number of aromatic nitrogens is 1. The molecule has 0 unspecified atom stereocenters. The quantitative estimate of drug-likeness (QED) is 0.442. The first-order valence-electron chi connectivity index (χ1n) is 11.3. The van der Waals surface area contributed by atoms with E-state index < -0.39 is 9.84 Å². The number of hydrogen-bond donors (Lipinski definition) is 0. The molecule has 0 bridgehead atoms. The van der Waals surface area contributed by atoms with E-state index >= 15 is 0 Å². The average Bonchev–Trinajstić information content (AvgIpc) is 3.29. The van der Waals surface area contributed by atoms with Crippen LogP contribution in [-0.4, -0.2) is 76.5 Å². The zero-order valence-corrected chi connectivity index (χ0v) is 21.0. The fourth-order valence-corrected chi connectivity index (χ4v) is 5.79. The summed E-state index contributed by atoms with van der Waals surface area (Å²) in [5, 5.41) is 0.582. The molecule has 1 saturated heterocycles. The monoisotopic (exact) mass is 503 g/mol. The van der Waals surface area contributed by atoms with Crippen molar-refractivity contribution in [1.29, 1.82) is 0 Å². The Kier molecular flexibility index (Phi) is 7.82. The number of nitrogens with zero attached hydrogens (tertiary/aromatic N) is 3. The van der Waals surface area contributed by atoms with E-state index in [4.69, 9.17) is 14.5 Å². The Morgan fingerprint density at radius 1 is 1.21 bits per heavy atom. The summed E-state index contributed by atoms with van der Waals surface area (Å²) in [6, 6.07) is 11.9. The Bertz CT molecular complexity index is 1250. The van der Waals surface area contributed by atoms with Crippen molar-refractivity contribution in [1.82, 2.24) is 9.88 Å². The van der Waals surface area contributed by atoms with Gasteiger partial charge < -0.3 is 9.47 Å². The maximum Gasteiger partial charge on any atom is 0.260 e. The summed E-state index contributed by atoms with van der Waals surface area (Å²) in [4.78, 5) is 22.5. The maximum atomic E-state index is 13.6. The normalized spacial score (nSPS) is 14.9. The van der Waals surface area contributed by atoms with E-state index in [0.717, 1.165) is 55.2 Å². The van der Waals surface area contributed by atoms with Crippen molar-refractivity contribution in [3.8, 4) is 5.75 Å². The van der Waals surface area contributed by atoms with Gasteiger partial charge >= 0.3 is 0 Å². The molecule has 0 radical (unpaired) electrons. The van der Waals surface area contributed by atoms with E-state index in [1.165, 1.54) is 23.5 Å². The number of carbonyl (C=O) groups is 1. The lowest BCUT2D eigenvalue weighted by Crippen LogP contribution is -2.39. The molecule has 10 heteroatoms. The summed E-state index contributed by atoms with van der Waals surface area (Å²) in [5.74, 6) is 0.444. The molecule has 34 heavy (non-hydrogen) atoms. The summed E-state index contributed by atoms with van der Waals surface area (Å²) in [5.41, 5.74) is 1.12. The van der Waals surface area contributed by atoms with Crippen LogP contribution in [0.15, 0.2) is 47.4 Å². The number of anilines is 1. The lowest BCUT2D eigenvalue weighted by molar-refractivity contribution is 0.0376. The van der Waals surface area contributed by atoms with Crippen LogP contribution >= 0.6 is 11.3 Å². The number of ether oxygens (including phenoxy) is 2. The van der Waals surface area contributed by atoms with Crippen LogP contribution in [0.5, 0.6) is 5.75 Å². The molecule has 0 spiro atoms. The highest BCUT2D eigenvalue weighted by Gasteiger charge is 2.23. The summed E-state index contributed by atoms with van der Waals surface area (Å²) >= 11 is 1.42. The van der Waals surface area contributed by atoms with Gasteiger partial charge in [0.25, 0.3) is 5.91 Å². The van der Waals surface area contributed by atoms with Crippen molar-refractivity contribution in [2.45, 2.75) is 18.2 Å². The smallest absolute Gasteiger partial charge is 0.260 e. The molecule has 8 nitrogen and oxygen atoms in total. The Labute approximate surface area is 204 Å². The number of carbonyl (C=O) groups excluding carboxylic acids is 1. The van der Waals surface area contributed by atoms with Crippen LogP contribution in [-0.2, 0) is 14.6 Å². The van der Waals surface area contributed by atoms with Gasteiger partial charge in [0.05, 0.1) is 41.2 Å². The van der Waals surface area contributed by atoms with Crippen molar-refractivity contribution in [2.75, 3.05) is 57.2 Å². The van der Waals surface area contributed by atoms with Gasteiger partial charge in [-0.1, -0.05) is 24.3 Å². The Hall–Kier alpha value is -2.53. The minimum absolute atomic E-state index is 0.0202. The van der Waals surface area contributed by atoms with Gasteiger partial charge in [-0.15, -0.1) is 0 Å². The first kappa shape index (κ1) is 24.6. The fraction of sp³-hybridized carbons (Fsp3) is 0.417. The Morgan fingerprint density at radius 3 is 2.74 bits per heavy atom. The van der Waals surface area contributed by atoms with Crippen molar-refractivity contribution in [3.63, 3.8) is 0 Å². The third-order valence-electron chi connectivity index (χ3n) is 5.84. The van der Waals surface area contributed by atoms with Gasteiger partial charge in [-0.3, -0.25) is 14.6 Å².